The Hall–Kier alpha value is -2.41. The van der Waals surface area contributed by atoms with E-state index in [0.717, 1.165) is 6.42 Å². The van der Waals surface area contributed by atoms with E-state index in [2.05, 4.69) is 72.6 Å². The number of hydrogen-bond donors (Lipinski definition) is 0. The Morgan fingerprint density at radius 2 is 1.52 bits per heavy atom. The van der Waals surface area contributed by atoms with Gasteiger partial charge in [-0.1, -0.05) is 48.0 Å². The monoisotopic (exact) mass is 300 g/mol. The van der Waals surface area contributed by atoms with Crippen LogP contribution in [0.25, 0.3) is 22.4 Å². The number of pyridine rings is 1. The number of H-pyrrole nitrogens is 1. The van der Waals surface area contributed by atoms with Gasteiger partial charge < -0.3 is 0 Å². The first-order chi connectivity index (χ1) is 11.3. The fraction of sp³-hybridized carbons (Fsp3) is 0.227. The molecule has 1 aliphatic rings. The van der Waals surface area contributed by atoms with E-state index in [-0.39, 0.29) is 0 Å². The van der Waals surface area contributed by atoms with E-state index in [1.807, 2.05) is 0 Å². The second-order valence-electron chi connectivity index (χ2n) is 6.49. The molecular formula is C22H22N+. The lowest BCUT2D eigenvalue weighted by molar-refractivity contribution is -0.378. The summed E-state index contributed by atoms with van der Waals surface area (Å²) in [6, 6.07) is 21.9. The van der Waals surface area contributed by atoms with Gasteiger partial charge in [-0.05, 0) is 49.4 Å². The molecule has 1 aromatic heterocycles. The minimum atomic E-state index is 1.16. The van der Waals surface area contributed by atoms with E-state index in [1.165, 1.54) is 58.5 Å². The fourth-order valence-corrected chi connectivity index (χ4v) is 3.53. The van der Waals surface area contributed by atoms with Crippen LogP contribution in [0.1, 0.15) is 29.7 Å². The Bertz CT molecular complexity index is 817. The summed E-state index contributed by atoms with van der Waals surface area (Å²) in [7, 11) is 0. The summed E-state index contributed by atoms with van der Waals surface area (Å²) >= 11 is 0. The highest BCUT2D eigenvalue weighted by Crippen LogP contribution is 2.32. The largest absolute Gasteiger partial charge is 0.211 e. The van der Waals surface area contributed by atoms with Gasteiger partial charge in [0, 0.05) is 23.6 Å². The molecule has 0 atom stereocenters. The molecule has 0 fully saturated rings. The first kappa shape index (κ1) is 14.2. The zero-order chi connectivity index (χ0) is 15.6. The molecule has 1 nitrogen and oxygen atoms in total. The van der Waals surface area contributed by atoms with Crippen molar-refractivity contribution in [3.8, 4) is 22.4 Å². The molecule has 1 heterocycles. The average Bonchev–Trinajstić information content (AvgIpc) is 2.62. The number of nitrogens with one attached hydrogen (secondary N) is 1. The number of aryl methyl sites for hydroxylation is 2. The highest BCUT2D eigenvalue weighted by atomic mass is 14.7. The molecule has 3 aromatic rings. The molecular weight excluding hydrogens is 278 g/mol. The maximum absolute atomic E-state index is 3.70. The molecule has 1 aliphatic carbocycles. The highest BCUT2D eigenvalue weighted by molar-refractivity contribution is 5.72. The first-order valence-electron chi connectivity index (χ1n) is 8.52. The highest BCUT2D eigenvalue weighted by Gasteiger charge is 2.22. The standard InChI is InChI=1S/C22H21N/c1-16-11-13-17(14-12-16)20-15-22(18-7-3-2-4-8-18)23-21-10-6-5-9-19(20)21/h2-4,7-8,11-15H,5-6,9-10H2,1H3/p+1. The first-order valence-corrected chi connectivity index (χ1v) is 8.52. The summed E-state index contributed by atoms with van der Waals surface area (Å²) in [4.78, 5) is 3.70. The molecule has 4 rings (SSSR count). The van der Waals surface area contributed by atoms with Gasteiger partial charge in [-0.3, -0.25) is 0 Å². The van der Waals surface area contributed by atoms with Crippen LogP contribution in [-0.2, 0) is 12.8 Å². The van der Waals surface area contributed by atoms with E-state index in [9.17, 15) is 0 Å². The predicted octanol–water partition coefficient (Wildman–Crippen LogP) is 5.02. The molecule has 0 radical (unpaired) electrons. The molecule has 1 N–H and O–H groups in total. The molecule has 0 saturated carbocycles. The van der Waals surface area contributed by atoms with E-state index in [1.54, 1.807) is 0 Å². The smallest absolute Gasteiger partial charge is 0.208 e. The summed E-state index contributed by atoms with van der Waals surface area (Å²) in [5.74, 6) is 0. The lowest BCUT2D eigenvalue weighted by Gasteiger charge is -2.16. The van der Waals surface area contributed by atoms with Gasteiger partial charge >= 0.3 is 0 Å². The molecule has 0 spiro atoms. The summed E-state index contributed by atoms with van der Waals surface area (Å²) in [6.45, 7) is 2.15. The van der Waals surface area contributed by atoms with E-state index < -0.39 is 0 Å². The number of benzene rings is 2. The molecule has 0 amide bonds. The van der Waals surface area contributed by atoms with Crippen molar-refractivity contribution >= 4 is 0 Å². The molecule has 0 bridgehead atoms. The van der Waals surface area contributed by atoms with Crippen LogP contribution < -0.4 is 4.98 Å². The van der Waals surface area contributed by atoms with Crippen LogP contribution >= 0.6 is 0 Å². The Morgan fingerprint density at radius 3 is 2.30 bits per heavy atom. The van der Waals surface area contributed by atoms with E-state index >= 15 is 0 Å². The third-order valence-electron chi connectivity index (χ3n) is 4.81. The summed E-state index contributed by atoms with van der Waals surface area (Å²) in [5.41, 5.74) is 9.47. The van der Waals surface area contributed by atoms with Crippen LogP contribution in [0.3, 0.4) is 0 Å². The Kier molecular flexibility index (Phi) is 3.70. The van der Waals surface area contributed by atoms with Crippen LogP contribution in [-0.4, -0.2) is 0 Å². The number of hydrogen-bond acceptors (Lipinski definition) is 0. The topological polar surface area (TPSA) is 14.1 Å². The van der Waals surface area contributed by atoms with Gasteiger partial charge in [0.1, 0.15) is 0 Å². The van der Waals surface area contributed by atoms with Crippen LogP contribution in [0.2, 0.25) is 0 Å². The zero-order valence-electron chi connectivity index (χ0n) is 13.6. The Balaban J connectivity index is 1.91. The van der Waals surface area contributed by atoms with Crippen LogP contribution in [0.5, 0.6) is 0 Å². The van der Waals surface area contributed by atoms with Gasteiger partial charge in [0.05, 0.1) is 0 Å². The lowest BCUT2D eigenvalue weighted by Crippen LogP contribution is -2.21. The van der Waals surface area contributed by atoms with Gasteiger partial charge in [0.2, 0.25) is 5.69 Å². The van der Waals surface area contributed by atoms with E-state index in [4.69, 9.17) is 0 Å². The summed E-state index contributed by atoms with van der Waals surface area (Å²) < 4.78 is 0. The average molecular weight is 300 g/mol. The molecule has 0 saturated heterocycles. The fourth-order valence-electron chi connectivity index (χ4n) is 3.53. The van der Waals surface area contributed by atoms with Crippen molar-refractivity contribution in [1.82, 2.24) is 0 Å². The minimum Gasteiger partial charge on any atom is -0.208 e. The molecule has 2 aromatic carbocycles. The van der Waals surface area contributed by atoms with Crippen molar-refractivity contribution in [3.05, 3.63) is 77.5 Å². The van der Waals surface area contributed by atoms with Crippen molar-refractivity contribution in [2.24, 2.45) is 0 Å². The second-order valence-corrected chi connectivity index (χ2v) is 6.49. The van der Waals surface area contributed by atoms with Crippen molar-refractivity contribution in [2.45, 2.75) is 32.6 Å². The second kappa shape index (κ2) is 6.00. The number of aromatic nitrogens is 1. The minimum absolute atomic E-state index is 1.16. The van der Waals surface area contributed by atoms with Crippen LogP contribution in [0, 0.1) is 6.92 Å². The summed E-state index contributed by atoms with van der Waals surface area (Å²) in [6.07, 6.45) is 4.93. The van der Waals surface area contributed by atoms with E-state index in [0.29, 0.717) is 0 Å². The molecule has 23 heavy (non-hydrogen) atoms. The third kappa shape index (κ3) is 2.79. The molecule has 114 valence electrons. The quantitative estimate of drug-likeness (QED) is 0.631. The Morgan fingerprint density at radius 1 is 0.783 bits per heavy atom. The third-order valence-corrected chi connectivity index (χ3v) is 4.81. The normalized spacial score (nSPS) is 13.6. The van der Waals surface area contributed by atoms with Crippen LogP contribution in [0.4, 0.5) is 0 Å². The molecule has 1 heteroatoms. The number of aromatic amines is 1. The predicted molar refractivity (Wildman–Crippen MR) is 95.2 cm³/mol. The van der Waals surface area contributed by atoms with Gasteiger partial charge in [-0.25, -0.2) is 4.98 Å². The van der Waals surface area contributed by atoms with Crippen molar-refractivity contribution in [2.75, 3.05) is 0 Å². The lowest BCUT2D eigenvalue weighted by atomic mass is 9.88. The maximum Gasteiger partial charge on any atom is 0.211 e. The van der Waals surface area contributed by atoms with Crippen LogP contribution in [0.15, 0.2) is 60.7 Å². The van der Waals surface area contributed by atoms with Crippen molar-refractivity contribution in [1.29, 1.82) is 0 Å². The number of fused-ring (bicyclic) bond motifs is 1. The molecule has 0 aliphatic heterocycles. The van der Waals surface area contributed by atoms with Gasteiger partial charge in [0.25, 0.3) is 0 Å². The van der Waals surface area contributed by atoms with Crippen molar-refractivity contribution < 1.29 is 4.98 Å². The zero-order valence-corrected chi connectivity index (χ0v) is 13.6. The summed E-state index contributed by atoms with van der Waals surface area (Å²) in [5, 5.41) is 0. The number of rotatable bonds is 2. The van der Waals surface area contributed by atoms with Gasteiger partial charge in [-0.2, -0.15) is 0 Å². The van der Waals surface area contributed by atoms with Gasteiger partial charge in [0.15, 0.2) is 5.69 Å². The maximum atomic E-state index is 3.70. The van der Waals surface area contributed by atoms with Gasteiger partial charge in [-0.15, -0.1) is 0 Å². The SMILES string of the molecule is Cc1ccc(-c2cc(-c3ccccc3)[nH+]c3c2CCCC3)cc1. The molecule has 0 unspecified atom stereocenters. The Labute approximate surface area is 138 Å². The van der Waals surface area contributed by atoms with Crippen molar-refractivity contribution in [3.63, 3.8) is 0 Å².